The third kappa shape index (κ3) is 3.17. The second kappa shape index (κ2) is 5.77. The fourth-order valence-corrected chi connectivity index (χ4v) is 5.63. The first-order chi connectivity index (χ1) is 8.52. The number of hydrogen-bond donors (Lipinski definition) is 1. The van der Waals surface area contributed by atoms with Crippen molar-refractivity contribution in [3.05, 3.63) is 11.1 Å². The molecule has 102 valence electrons. The van der Waals surface area contributed by atoms with Gasteiger partial charge in [0, 0.05) is 36.2 Å². The van der Waals surface area contributed by atoms with Crippen LogP contribution in [0.2, 0.25) is 0 Å². The highest BCUT2D eigenvalue weighted by Gasteiger charge is 2.32. The molecule has 1 unspecified atom stereocenters. The Morgan fingerprint density at radius 2 is 2.39 bits per heavy atom. The van der Waals surface area contributed by atoms with Crippen molar-refractivity contribution in [2.75, 3.05) is 36.3 Å². The van der Waals surface area contributed by atoms with Crippen LogP contribution in [-0.4, -0.2) is 50.1 Å². The molecule has 0 amide bonds. The van der Waals surface area contributed by atoms with E-state index in [1.54, 1.807) is 11.8 Å². The lowest BCUT2D eigenvalue weighted by atomic mass is 10.5. The van der Waals surface area contributed by atoms with Crippen LogP contribution in [0.4, 0.5) is 5.13 Å². The van der Waals surface area contributed by atoms with Gasteiger partial charge >= 0.3 is 0 Å². The third-order valence-electron chi connectivity index (χ3n) is 2.72. The van der Waals surface area contributed by atoms with Gasteiger partial charge in [-0.1, -0.05) is 0 Å². The molecule has 1 aromatic rings. The van der Waals surface area contributed by atoms with Gasteiger partial charge in [0.2, 0.25) is 0 Å². The van der Waals surface area contributed by atoms with E-state index in [2.05, 4.69) is 10.3 Å². The molecule has 5 nitrogen and oxygen atoms in total. The van der Waals surface area contributed by atoms with Crippen LogP contribution in [0, 0.1) is 0 Å². The number of thiazole rings is 1. The Kier molecular flexibility index (Phi) is 4.52. The van der Waals surface area contributed by atoms with E-state index in [-0.39, 0.29) is 0 Å². The zero-order valence-electron chi connectivity index (χ0n) is 10.4. The van der Waals surface area contributed by atoms with E-state index >= 15 is 0 Å². The summed E-state index contributed by atoms with van der Waals surface area (Å²) in [7, 11) is -1.20. The first kappa shape index (κ1) is 14.1. The van der Waals surface area contributed by atoms with E-state index in [9.17, 15) is 8.42 Å². The molecule has 1 fully saturated rings. The smallest absolute Gasteiger partial charge is 0.186 e. The van der Waals surface area contributed by atoms with Crippen molar-refractivity contribution in [1.29, 1.82) is 0 Å². The number of aromatic nitrogens is 1. The van der Waals surface area contributed by atoms with Crippen molar-refractivity contribution in [2.24, 2.45) is 0 Å². The average Bonchev–Trinajstić information content (AvgIpc) is 2.77. The molecule has 0 aromatic carbocycles. The topological polar surface area (TPSA) is 62.3 Å². The Morgan fingerprint density at radius 3 is 3.06 bits per heavy atom. The molecule has 0 spiro atoms. The van der Waals surface area contributed by atoms with Gasteiger partial charge in [0.15, 0.2) is 15.0 Å². The van der Waals surface area contributed by atoms with E-state index in [0.29, 0.717) is 12.3 Å². The highest BCUT2D eigenvalue weighted by atomic mass is 32.2. The van der Waals surface area contributed by atoms with Gasteiger partial charge in [-0.15, -0.1) is 11.3 Å². The second-order valence-corrected chi connectivity index (χ2v) is 8.39. The van der Waals surface area contributed by atoms with Gasteiger partial charge in [-0.2, -0.15) is 11.8 Å². The van der Waals surface area contributed by atoms with Crippen molar-refractivity contribution in [3.8, 4) is 0 Å². The fourth-order valence-electron chi connectivity index (χ4n) is 1.85. The summed E-state index contributed by atoms with van der Waals surface area (Å²) >= 11 is 3.21. The van der Waals surface area contributed by atoms with Crippen molar-refractivity contribution in [1.82, 2.24) is 10.3 Å². The lowest BCUT2D eigenvalue weighted by Gasteiger charge is -2.33. The minimum absolute atomic E-state index is 0.440. The van der Waals surface area contributed by atoms with Gasteiger partial charge in [0.05, 0.1) is 5.69 Å². The highest BCUT2D eigenvalue weighted by molar-refractivity contribution is 8.01. The monoisotopic (exact) mass is 307 g/mol. The Hall–Kier alpha value is -0.310. The van der Waals surface area contributed by atoms with Crippen LogP contribution < -0.4 is 10.2 Å². The Bertz CT molecular complexity index is 500. The molecule has 1 atom stereocenters. The molecule has 1 saturated heterocycles. The maximum Gasteiger partial charge on any atom is 0.186 e. The molecular weight excluding hydrogens is 290 g/mol. The first-order valence-corrected chi connectivity index (χ1v) is 9.63. The number of nitrogens with zero attached hydrogens (tertiary/aromatic N) is 2. The van der Waals surface area contributed by atoms with Gasteiger partial charge < -0.3 is 10.2 Å². The van der Waals surface area contributed by atoms with E-state index in [4.69, 9.17) is 0 Å². The minimum Gasteiger partial charge on any atom is -0.330 e. The predicted molar refractivity (Wildman–Crippen MR) is 78.2 cm³/mol. The lowest BCUT2D eigenvalue weighted by molar-refractivity contribution is 0.584. The van der Waals surface area contributed by atoms with E-state index in [1.807, 2.05) is 17.3 Å². The third-order valence-corrected chi connectivity index (χ3v) is 6.29. The quantitative estimate of drug-likeness (QED) is 0.887. The summed E-state index contributed by atoms with van der Waals surface area (Å²) in [6.45, 7) is 1.46. The molecule has 0 radical (unpaired) electrons. The van der Waals surface area contributed by atoms with Crippen LogP contribution in [0.3, 0.4) is 0 Å². The fraction of sp³-hybridized carbons (Fsp3) is 0.700. The average molecular weight is 307 g/mol. The van der Waals surface area contributed by atoms with Gasteiger partial charge in [-0.05, 0) is 7.05 Å². The molecule has 18 heavy (non-hydrogen) atoms. The predicted octanol–water partition coefficient (Wildman–Crippen LogP) is 0.786. The maximum absolute atomic E-state index is 11.8. The van der Waals surface area contributed by atoms with Crippen LogP contribution in [0.5, 0.6) is 0 Å². The number of thioether (sulfide) groups is 1. The molecule has 2 rings (SSSR count). The van der Waals surface area contributed by atoms with Crippen LogP contribution >= 0.6 is 23.1 Å². The van der Waals surface area contributed by atoms with Gasteiger partial charge in [-0.3, -0.25) is 0 Å². The minimum atomic E-state index is -3.07. The molecule has 8 heteroatoms. The van der Waals surface area contributed by atoms with Gasteiger partial charge in [0.1, 0.15) is 5.37 Å². The first-order valence-electron chi connectivity index (χ1n) is 5.64. The molecule has 0 aliphatic carbocycles. The van der Waals surface area contributed by atoms with Crippen LogP contribution in [0.25, 0.3) is 0 Å². The molecule has 2 heterocycles. The Balaban J connectivity index is 2.22. The van der Waals surface area contributed by atoms with Crippen molar-refractivity contribution >= 4 is 38.1 Å². The number of rotatable bonds is 4. The zero-order chi connectivity index (χ0) is 13.2. The van der Waals surface area contributed by atoms with E-state index in [0.717, 1.165) is 23.1 Å². The molecule has 1 aliphatic rings. The standard InChI is InChI=1S/C10H17N3O2S3/c1-11-5-8-6-17-10(12-8)13-3-4-16-7-9(13)18(2,14)15/h6,9,11H,3-5,7H2,1-2H3. The second-order valence-electron chi connectivity index (χ2n) is 4.20. The van der Waals surface area contributed by atoms with Gasteiger partial charge in [-0.25, -0.2) is 13.4 Å². The number of hydrogen-bond acceptors (Lipinski definition) is 7. The van der Waals surface area contributed by atoms with Crippen LogP contribution in [0.1, 0.15) is 5.69 Å². The van der Waals surface area contributed by atoms with E-state index < -0.39 is 15.2 Å². The van der Waals surface area contributed by atoms with E-state index in [1.165, 1.54) is 17.6 Å². The Morgan fingerprint density at radius 1 is 1.61 bits per heavy atom. The largest absolute Gasteiger partial charge is 0.330 e. The highest BCUT2D eigenvalue weighted by Crippen LogP contribution is 2.29. The summed E-state index contributed by atoms with van der Waals surface area (Å²) in [6.07, 6.45) is 1.30. The van der Waals surface area contributed by atoms with Crippen molar-refractivity contribution in [3.63, 3.8) is 0 Å². The van der Waals surface area contributed by atoms with Crippen molar-refractivity contribution < 1.29 is 8.42 Å². The molecule has 0 saturated carbocycles. The Labute approximate surface area is 116 Å². The molecular formula is C10H17N3O2S3. The number of sulfone groups is 1. The summed E-state index contributed by atoms with van der Waals surface area (Å²) in [6, 6.07) is 0. The molecule has 1 aromatic heterocycles. The van der Waals surface area contributed by atoms with Crippen LogP contribution in [0.15, 0.2) is 5.38 Å². The molecule has 0 bridgehead atoms. The summed E-state index contributed by atoms with van der Waals surface area (Å²) in [5, 5.41) is 5.40. The summed E-state index contributed by atoms with van der Waals surface area (Å²) in [5.41, 5.74) is 0.961. The SMILES string of the molecule is CNCc1csc(N2CCSCC2S(C)(=O)=O)n1. The van der Waals surface area contributed by atoms with Crippen LogP contribution in [-0.2, 0) is 16.4 Å². The molecule has 1 aliphatic heterocycles. The number of anilines is 1. The normalized spacial score (nSPS) is 21.2. The summed E-state index contributed by atoms with van der Waals surface area (Å²) < 4.78 is 23.6. The summed E-state index contributed by atoms with van der Waals surface area (Å²) in [5.74, 6) is 1.58. The molecule has 1 N–H and O–H groups in total. The zero-order valence-corrected chi connectivity index (χ0v) is 12.9. The maximum atomic E-state index is 11.8. The van der Waals surface area contributed by atoms with Crippen molar-refractivity contribution in [2.45, 2.75) is 11.9 Å². The lowest BCUT2D eigenvalue weighted by Crippen LogP contribution is -2.47. The summed E-state index contributed by atoms with van der Waals surface area (Å²) in [4.78, 5) is 6.42. The van der Waals surface area contributed by atoms with Gasteiger partial charge in [0.25, 0.3) is 0 Å². The number of nitrogens with one attached hydrogen (secondary N) is 1.